The first kappa shape index (κ1) is 10.8. The third-order valence-corrected chi connectivity index (χ3v) is 3.60. The Morgan fingerprint density at radius 2 is 1.92 bits per heavy atom. The highest BCUT2D eigenvalue weighted by Gasteiger charge is 2.38. The molecule has 1 aromatic heterocycles. The van der Waals surface area contributed by atoms with Crippen molar-refractivity contribution in [2.45, 2.75) is 11.1 Å². The first-order valence-electron chi connectivity index (χ1n) is 2.82. The fraction of sp³-hybridized carbons (Fsp3) is 0.200. The molecule has 0 unspecified atom stereocenters. The highest BCUT2D eigenvalue weighted by atomic mass is 35.7. The Morgan fingerprint density at radius 1 is 1.38 bits per heavy atom. The standard InChI is InChI=1S/C5H2ClF3O2S2/c6-13(10,11)3-1-2-12-4(3)5(7,8)9/h1-2H. The van der Waals surface area contributed by atoms with Gasteiger partial charge in [-0.25, -0.2) is 8.42 Å². The van der Waals surface area contributed by atoms with Crippen LogP contribution in [0.4, 0.5) is 13.2 Å². The molecule has 0 amide bonds. The lowest BCUT2D eigenvalue weighted by Crippen LogP contribution is -2.06. The monoisotopic (exact) mass is 250 g/mol. The van der Waals surface area contributed by atoms with Gasteiger partial charge in [0, 0.05) is 10.7 Å². The van der Waals surface area contributed by atoms with Crippen LogP contribution in [-0.4, -0.2) is 8.42 Å². The summed E-state index contributed by atoms with van der Waals surface area (Å²) in [5.74, 6) is 0. The van der Waals surface area contributed by atoms with Gasteiger partial charge in [-0.15, -0.1) is 11.3 Å². The van der Waals surface area contributed by atoms with Gasteiger partial charge in [0.2, 0.25) is 0 Å². The Kier molecular flexibility index (Phi) is 2.61. The van der Waals surface area contributed by atoms with Gasteiger partial charge in [-0.1, -0.05) is 0 Å². The molecule has 0 bridgehead atoms. The lowest BCUT2D eigenvalue weighted by molar-refractivity contribution is -0.136. The number of halogens is 4. The SMILES string of the molecule is O=S(=O)(Cl)c1ccsc1C(F)(F)F. The van der Waals surface area contributed by atoms with Crippen LogP contribution in [0.1, 0.15) is 4.88 Å². The third-order valence-electron chi connectivity index (χ3n) is 1.15. The summed E-state index contributed by atoms with van der Waals surface area (Å²) in [6.45, 7) is 0. The molecule has 0 aliphatic rings. The second-order valence-corrected chi connectivity index (χ2v) is 5.50. The minimum absolute atomic E-state index is 0.295. The van der Waals surface area contributed by atoms with E-state index in [-0.39, 0.29) is 0 Å². The van der Waals surface area contributed by atoms with Crippen molar-refractivity contribution in [1.29, 1.82) is 0 Å². The van der Waals surface area contributed by atoms with Gasteiger partial charge in [-0.05, 0) is 11.4 Å². The van der Waals surface area contributed by atoms with Crippen molar-refractivity contribution in [3.05, 3.63) is 16.3 Å². The minimum atomic E-state index is -4.68. The molecule has 0 N–H and O–H groups in total. The molecule has 1 heterocycles. The number of hydrogen-bond donors (Lipinski definition) is 0. The van der Waals surface area contributed by atoms with E-state index in [9.17, 15) is 21.6 Å². The van der Waals surface area contributed by atoms with Gasteiger partial charge in [0.25, 0.3) is 9.05 Å². The molecule has 0 saturated heterocycles. The van der Waals surface area contributed by atoms with Crippen molar-refractivity contribution < 1.29 is 21.6 Å². The predicted molar refractivity (Wildman–Crippen MR) is 42.4 cm³/mol. The van der Waals surface area contributed by atoms with Crippen LogP contribution in [0.2, 0.25) is 0 Å². The molecule has 0 radical (unpaired) electrons. The zero-order valence-electron chi connectivity index (χ0n) is 5.80. The Bertz CT molecular complexity index is 406. The van der Waals surface area contributed by atoms with Gasteiger partial charge in [0.1, 0.15) is 9.77 Å². The van der Waals surface area contributed by atoms with Gasteiger partial charge >= 0.3 is 6.18 Å². The topological polar surface area (TPSA) is 34.1 Å². The van der Waals surface area contributed by atoms with E-state index in [0.717, 1.165) is 11.4 Å². The first-order valence-corrected chi connectivity index (χ1v) is 6.01. The minimum Gasteiger partial charge on any atom is -0.207 e. The Morgan fingerprint density at radius 3 is 2.23 bits per heavy atom. The van der Waals surface area contributed by atoms with Crippen molar-refractivity contribution >= 4 is 31.1 Å². The van der Waals surface area contributed by atoms with Crippen LogP contribution in [0.3, 0.4) is 0 Å². The molecule has 0 aliphatic carbocycles. The van der Waals surface area contributed by atoms with Gasteiger partial charge in [-0.2, -0.15) is 13.2 Å². The van der Waals surface area contributed by atoms with Crippen molar-refractivity contribution in [2.24, 2.45) is 0 Å². The summed E-state index contributed by atoms with van der Waals surface area (Å²) in [5, 5.41) is 1.03. The average molecular weight is 251 g/mol. The maximum absolute atomic E-state index is 12.1. The van der Waals surface area contributed by atoms with E-state index in [2.05, 4.69) is 0 Å². The van der Waals surface area contributed by atoms with Crippen molar-refractivity contribution in [2.75, 3.05) is 0 Å². The summed E-state index contributed by atoms with van der Waals surface area (Å²) in [5.41, 5.74) is 0. The summed E-state index contributed by atoms with van der Waals surface area (Å²) in [6.07, 6.45) is -4.68. The Balaban J connectivity index is 3.35. The van der Waals surface area contributed by atoms with E-state index >= 15 is 0 Å². The van der Waals surface area contributed by atoms with Gasteiger partial charge in [0.15, 0.2) is 0 Å². The van der Waals surface area contributed by atoms with E-state index in [1.165, 1.54) is 0 Å². The molecule has 1 aromatic rings. The zero-order valence-corrected chi connectivity index (χ0v) is 8.19. The smallest absolute Gasteiger partial charge is 0.207 e. The number of rotatable bonds is 1. The van der Waals surface area contributed by atoms with Gasteiger partial charge < -0.3 is 0 Å². The summed E-state index contributed by atoms with van der Waals surface area (Å²) < 4.78 is 57.6. The van der Waals surface area contributed by atoms with Crippen molar-refractivity contribution in [1.82, 2.24) is 0 Å². The highest BCUT2D eigenvalue weighted by Crippen LogP contribution is 2.38. The molecule has 0 spiro atoms. The molecule has 0 saturated carbocycles. The fourth-order valence-electron chi connectivity index (χ4n) is 0.696. The number of thiophene rings is 1. The second kappa shape index (κ2) is 3.14. The normalized spacial score (nSPS) is 13.2. The van der Waals surface area contributed by atoms with Crippen LogP contribution >= 0.6 is 22.0 Å². The molecule has 2 nitrogen and oxygen atoms in total. The molecule has 0 aromatic carbocycles. The lowest BCUT2D eigenvalue weighted by Gasteiger charge is -2.04. The molecule has 13 heavy (non-hydrogen) atoms. The summed E-state index contributed by atoms with van der Waals surface area (Å²) in [7, 11) is 0.479. The first-order chi connectivity index (χ1) is 5.73. The Labute approximate surface area is 80.4 Å². The average Bonchev–Trinajstić information content (AvgIpc) is 2.27. The van der Waals surface area contributed by atoms with Gasteiger partial charge in [-0.3, -0.25) is 0 Å². The van der Waals surface area contributed by atoms with E-state index in [1.54, 1.807) is 0 Å². The molecular formula is C5H2ClF3O2S2. The molecule has 8 heteroatoms. The van der Waals surface area contributed by atoms with Crippen LogP contribution in [0.25, 0.3) is 0 Å². The van der Waals surface area contributed by atoms with Crippen molar-refractivity contribution in [3.63, 3.8) is 0 Å². The second-order valence-electron chi connectivity index (χ2n) is 2.05. The molecule has 0 aliphatic heterocycles. The highest BCUT2D eigenvalue weighted by molar-refractivity contribution is 8.13. The van der Waals surface area contributed by atoms with Crippen LogP contribution in [0, 0.1) is 0 Å². The third kappa shape index (κ3) is 2.35. The summed E-state index contributed by atoms with van der Waals surface area (Å²) in [6, 6.07) is 0.829. The molecule has 1 rings (SSSR count). The molecule has 0 fully saturated rings. The molecule has 0 atom stereocenters. The molecular weight excluding hydrogens is 249 g/mol. The van der Waals surface area contributed by atoms with E-state index in [0.29, 0.717) is 11.3 Å². The van der Waals surface area contributed by atoms with Crippen LogP contribution in [-0.2, 0) is 15.2 Å². The maximum atomic E-state index is 12.1. The predicted octanol–water partition coefficient (Wildman–Crippen LogP) is 2.69. The fourth-order valence-corrected chi connectivity index (χ4v) is 3.00. The summed E-state index contributed by atoms with van der Waals surface area (Å²) >= 11 is 0.295. The Hall–Kier alpha value is -0.270. The van der Waals surface area contributed by atoms with Crippen LogP contribution in [0.5, 0.6) is 0 Å². The lowest BCUT2D eigenvalue weighted by atomic mass is 10.5. The maximum Gasteiger partial charge on any atom is 0.426 e. The van der Waals surface area contributed by atoms with Crippen LogP contribution < -0.4 is 0 Å². The van der Waals surface area contributed by atoms with Gasteiger partial charge in [0.05, 0.1) is 0 Å². The molecule has 74 valence electrons. The van der Waals surface area contributed by atoms with Crippen LogP contribution in [0.15, 0.2) is 16.3 Å². The van der Waals surface area contributed by atoms with E-state index in [1.807, 2.05) is 0 Å². The van der Waals surface area contributed by atoms with E-state index in [4.69, 9.17) is 10.7 Å². The van der Waals surface area contributed by atoms with Crippen molar-refractivity contribution in [3.8, 4) is 0 Å². The quantitative estimate of drug-likeness (QED) is 0.718. The zero-order chi connectivity index (χ0) is 10.3. The number of hydrogen-bond acceptors (Lipinski definition) is 3. The summed E-state index contributed by atoms with van der Waals surface area (Å²) in [4.78, 5) is -2.07. The number of alkyl halides is 3. The van der Waals surface area contributed by atoms with E-state index < -0.39 is 25.0 Å². The largest absolute Gasteiger partial charge is 0.426 e.